The van der Waals surface area contributed by atoms with Crippen LogP contribution in [0.3, 0.4) is 0 Å². The molecule has 0 bridgehead atoms. The fourth-order valence-electron chi connectivity index (χ4n) is 1.45. The maximum atomic E-state index is 11.5. The lowest BCUT2D eigenvalue weighted by Crippen LogP contribution is -2.17. The summed E-state index contributed by atoms with van der Waals surface area (Å²) >= 11 is 9.64. The van der Waals surface area contributed by atoms with Crippen molar-refractivity contribution in [1.29, 1.82) is 0 Å². The number of nitrogens with one attached hydrogen (secondary N) is 1. The van der Waals surface area contributed by atoms with Gasteiger partial charge in [-0.3, -0.25) is 4.79 Å². The first-order valence-electron chi connectivity index (χ1n) is 5.27. The second-order valence-electron chi connectivity index (χ2n) is 3.48. The third-order valence-electron chi connectivity index (χ3n) is 2.20. The van der Waals surface area contributed by atoms with Crippen molar-refractivity contribution in [3.8, 4) is 5.75 Å². The third-order valence-corrected chi connectivity index (χ3v) is 3.98. The van der Waals surface area contributed by atoms with Crippen LogP contribution >= 0.6 is 39.9 Å². The van der Waals surface area contributed by atoms with Gasteiger partial charge in [-0.1, -0.05) is 30.0 Å². The highest BCUT2D eigenvalue weighted by Crippen LogP contribution is 2.30. The normalized spacial score (nSPS) is 17.1. The first-order valence-corrected chi connectivity index (χ1v) is 7.29. The number of rotatable bonds is 3. The molecular weight excluding hydrogens is 334 g/mol. The summed E-state index contributed by atoms with van der Waals surface area (Å²) in [4.78, 5) is 12.1. The van der Waals surface area contributed by atoms with Gasteiger partial charge in [-0.15, -0.1) is 0 Å². The van der Waals surface area contributed by atoms with Gasteiger partial charge < -0.3 is 10.1 Å². The van der Waals surface area contributed by atoms with Gasteiger partial charge >= 0.3 is 0 Å². The molecule has 0 unspecified atom stereocenters. The molecule has 1 heterocycles. The number of hydrogen-bond donors (Lipinski definition) is 1. The molecule has 0 aliphatic carbocycles. The van der Waals surface area contributed by atoms with Crippen LogP contribution in [0.2, 0.25) is 0 Å². The zero-order chi connectivity index (χ0) is 13.1. The molecule has 2 rings (SSSR count). The van der Waals surface area contributed by atoms with Crippen molar-refractivity contribution in [2.75, 3.05) is 6.61 Å². The Kier molecular flexibility index (Phi) is 4.42. The number of carbonyl (C=O) groups is 1. The topological polar surface area (TPSA) is 38.3 Å². The number of benzene rings is 1. The lowest BCUT2D eigenvalue weighted by Gasteiger charge is -2.06. The Hall–Kier alpha value is -0.850. The van der Waals surface area contributed by atoms with E-state index in [1.165, 1.54) is 11.8 Å². The van der Waals surface area contributed by atoms with E-state index in [0.717, 1.165) is 15.8 Å². The molecule has 0 radical (unpaired) electrons. The molecule has 1 aliphatic rings. The third kappa shape index (κ3) is 3.13. The highest BCUT2D eigenvalue weighted by atomic mass is 79.9. The maximum absolute atomic E-state index is 11.5. The van der Waals surface area contributed by atoms with Crippen molar-refractivity contribution in [2.45, 2.75) is 6.92 Å². The fraction of sp³-hybridized carbons (Fsp3) is 0.167. The molecule has 18 heavy (non-hydrogen) atoms. The lowest BCUT2D eigenvalue weighted by atomic mass is 10.2. The Morgan fingerprint density at radius 2 is 2.33 bits per heavy atom. The molecule has 1 aromatic carbocycles. The van der Waals surface area contributed by atoms with Gasteiger partial charge in [-0.2, -0.15) is 0 Å². The summed E-state index contributed by atoms with van der Waals surface area (Å²) in [5, 5.41) is 2.58. The zero-order valence-corrected chi connectivity index (χ0v) is 12.7. The van der Waals surface area contributed by atoms with Gasteiger partial charge in [0.1, 0.15) is 10.1 Å². The molecule has 1 N–H and O–H groups in total. The molecule has 0 spiro atoms. The molecule has 1 amide bonds. The minimum atomic E-state index is -0.144. The van der Waals surface area contributed by atoms with Crippen LogP contribution in [0.4, 0.5) is 0 Å². The SMILES string of the molecule is CCOc1ccc(/C=C2/SC(=S)NC2=O)cc1Br. The van der Waals surface area contributed by atoms with Gasteiger partial charge in [0.15, 0.2) is 0 Å². The summed E-state index contributed by atoms with van der Waals surface area (Å²) in [6, 6.07) is 5.68. The molecule has 0 aromatic heterocycles. The van der Waals surface area contributed by atoms with Gasteiger partial charge in [0, 0.05) is 0 Å². The van der Waals surface area contributed by atoms with Gasteiger partial charge in [0.2, 0.25) is 0 Å². The maximum Gasteiger partial charge on any atom is 0.263 e. The van der Waals surface area contributed by atoms with E-state index >= 15 is 0 Å². The number of hydrogen-bond acceptors (Lipinski definition) is 4. The van der Waals surface area contributed by atoms with E-state index in [9.17, 15) is 4.79 Å². The smallest absolute Gasteiger partial charge is 0.263 e. The molecule has 1 saturated heterocycles. The molecule has 94 valence electrons. The van der Waals surface area contributed by atoms with E-state index in [1.54, 1.807) is 6.08 Å². The average Bonchev–Trinajstić information content (AvgIpc) is 2.61. The number of thiocarbonyl (C=S) groups is 1. The van der Waals surface area contributed by atoms with E-state index in [2.05, 4.69) is 21.2 Å². The molecule has 1 aliphatic heterocycles. The fourth-order valence-corrected chi connectivity index (χ4v) is 3.01. The van der Waals surface area contributed by atoms with Crippen LogP contribution in [0, 0.1) is 0 Å². The van der Waals surface area contributed by atoms with E-state index in [4.69, 9.17) is 17.0 Å². The van der Waals surface area contributed by atoms with E-state index < -0.39 is 0 Å². The van der Waals surface area contributed by atoms with E-state index in [-0.39, 0.29) is 5.91 Å². The van der Waals surface area contributed by atoms with Crippen molar-refractivity contribution in [1.82, 2.24) is 5.32 Å². The molecule has 1 aromatic rings. The average molecular weight is 344 g/mol. The Labute approximate surface area is 123 Å². The van der Waals surface area contributed by atoms with E-state index in [0.29, 0.717) is 15.8 Å². The predicted molar refractivity (Wildman–Crippen MR) is 81.6 cm³/mol. The zero-order valence-electron chi connectivity index (χ0n) is 9.53. The quantitative estimate of drug-likeness (QED) is 0.674. The van der Waals surface area contributed by atoms with Crippen LogP contribution in [0.15, 0.2) is 27.6 Å². The highest BCUT2D eigenvalue weighted by Gasteiger charge is 2.21. The number of carbonyl (C=O) groups excluding carboxylic acids is 1. The summed E-state index contributed by atoms with van der Waals surface area (Å²) < 4.78 is 6.79. The Balaban J connectivity index is 2.25. The number of ether oxygens (including phenoxy) is 1. The summed E-state index contributed by atoms with van der Waals surface area (Å²) in [5.41, 5.74) is 0.924. The summed E-state index contributed by atoms with van der Waals surface area (Å²) in [6.07, 6.45) is 1.81. The van der Waals surface area contributed by atoms with Crippen LogP contribution in [-0.2, 0) is 4.79 Å². The molecular formula is C12H10BrNO2S2. The van der Waals surface area contributed by atoms with Gasteiger partial charge in [-0.05, 0) is 46.6 Å². The first kappa shape index (κ1) is 13.6. The largest absolute Gasteiger partial charge is 0.493 e. The second kappa shape index (κ2) is 5.86. The van der Waals surface area contributed by atoms with Crippen LogP contribution < -0.4 is 10.1 Å². The summed E-state index contributed by atoms with van der Waals surface area (Å²) in [6.45, 7) is 2.55. The molecule has 0 atom stereocenters. The Morgan fingerprint density at radius 1 is 1.56 bits per heavy atom. The van der Waals surface area contributed by atoms with Gasteiger partial charge in [0.25, 0.3) is 5.91 Å². The lowest BCUT2D eigenvalue weighted by molar-refractivity contribution is -0.115. The second-order valence-corrected chi connectivity index (χ2v) is 6.05. The minimum absolute atomic E-state index is 0.144. The van der Waals surface area contributed by atoms with Crippen molar-refractivity contribution in [3.63, 3.8) is 0 Å². The van der Waals surface area contributed by atoms with Crippen molar-refractivity contribution in [2.24, 2.45) is 0 Å². The number of amides is 1. The first-order chi connectivity index (χ1) is 8.60. The van der Waals surface area contributed by atoms with Crippen molar-refractivity contribution >= 4 is 56.2 Å². The van der Waals surface area contributed by atoms with Crippen molar-refractivity contribution < 1.29 is 9.53 Å². The van der Waals surface area contributed by atoms with Crippen LogP contribution in [0.1, 0.15) is 12.5 Å². The van der Waals surface area contributed by atoms with Crippen LogP contribution in [0.5, 0.6) is 5.75 Å². The summed E-state index contributed by atoms with van der Waals surface area (Å²) in [7, 11) is 0. The molecule has 3 nitrogen and oxygen atoms in total. The Morgan fingerprint density at radius 3 is 2.89 bits per heavy atom. The van der Waals surface area contributed by atoms with Gasteiger partial charge in [0.05, 0.1) is 16.0 Å². The number of thioether (sulfide) groups is 1. The Bertz CT molecular complexity index is 543. The monoisotopic (exact) mass is 343 g/mol. The van der Waals surface area contributed by atoms with Crippen LogP contribution in [0.25, 0.3) is 6.08 Å². The number of halogens is 1. The predicted octanol–water partition coefficient (Wildman–Crippen LogP) is 3.34. The highest BCUT2D eigenvalue weighted by molar-refractivity contribution is 9.10. The minimum Gasteiger partial charge on any atom is -0.493 e. The standard InChI is InChI=1S/C12H10BrNO2S2/c1-2-16-9-4-3-7(5-8(9)13)6-10-11(15)14-12(17)18-10/h3-6H,2H2,1H3,(H,14,15,17)/b10-6+. The molecule has 6 heteroatoms. The molecule has 1 fully saturated rings. The van der Waals surface area contributed by atoms with Crippen molar-refractivity contribution in [3.05, 3.63) is 33.1 Å². The van der Waals surface area contributed by atoms with E-state index in [1.807, 2.05) is 25.1 Å². The van der Waals surface area contributed by atoms with Gasteiger partial charge in [-0.25, -0.2) is 0 Å². The molecule has 0 saturated carbocycles. The van der Waals surface area contributed by atoms with Crippen LogP contribution in [-0.4, -0.2) is 16.8 Å². The summed E-state index contributed by atoms with van der Waals surface area (Å²) in [5.74, 6) is 0.647.